The van der Waals surface area contributed by atoms with Crippen LogP contribution in [0.3, 0.4) is 0 Å². The van der Waals surface area contributed by atoms with Gasteiger partial charge in [0.25, 0.3) is 0 Å². The Hall–Kier alpha value is 1.47. The summed E-state index contributed by atoms with van der Waals surface area (Å²) in [6.07, 6.45) is -0.667. The standard InChI is InChI=1S/C2H7NO.Ca.ClH.2H/c1-2(3)4;;;;/h2,4H,3H2,1H3;;1H;;. The molecule has 0 aliphatic carbocycles. The Morgan fingerprint density at radius 3 is 1.67 bits per heavy atom. The second-order valence-corrected chi connectivity index (χ2v) is 0.741. The first-order valence-corrected chi connectivity index (χ1v) is 1.17. The third-order valence-electron chi connectivity index (χ3n) is 0. The molecule has 0 amide bonds. The topological polar surface area (TPSA) is 46.2 Å². The number of aliphatic hydroxyl groups is 1. The molecule has 0 aromatic heterocycles. The molecule has 0 aliphatic rings. The van der Waals surface area contributed by atoms with Gasteiger partial charge in [-0.15, -0.1) is 12.4 Å². The Balaban J connectivity index is -0.0000000450. The summed E-state index contributed by atoms with van der Waals surface area (Å²) >= 11 is 0. The van der Waals surface area contributed by atoms with Crippen LogP contribution in [0.15, 0.2) is 0 Å². The van der Waals surface area contributed by atoms with E-state index in [9.17, 15) is 0 Å². The van der Waals surface area contributed by atoms with Gasteiger partial charge in [-0.2, -0.15) is 0 Å². The Morgan fingerprint density at radius 1 is 1.67 bits per heavy atom. The molecule has 0 saturated carbocycles. The van der Waals surface area contributed by atoms with E-state index >= 15 is 0 Å². The van der Waals surface area contributed by atoms with Gasteiger partial charge in [0.1, 0.15) is 0 Å². The summed E-state index contributed by atoms with van der Waals surface area (Å²) < 4.78 is 0. The van der Waals surface area contributed by atoms with Crippen molar-refractivity contribution in [3.63, 3.8) is 0 Å². The van der Waals surface area contributed by atoms with Crippen LogP contribution >= 0.6 is 12.4 Å². The fourth-order valence-electron chi connectivity index (χ4n) is 0. The van der Waals surface area contributed by atoms with Gasteiger partial charge in [0.15, 0.2) is 0 Å². The maximum absolute atomic E-state index is 7.83. The Labute approximate surface area is 73.5 Å². The normalized spacial score (nSPS) is 10.5. The first-order valence-electron chi connectivity index (χ1n) is 1.17. The van der Waals surface area contributed by atoms with Crippen molar-refractivity contribution in [2.24, 2.45) is 5.73 Å². The van der Waals surface area contributed by atoms with Crippen LogP contribution in [0.25, 0.3) is 0 Å². The summed E-state index contributed by atoms with van der Waals surface area (Å²) in [5, 5.41) is 7.83. The predicted octanol–water partition coefficient (Wildman–Crippen LogP) is -1.21. The zero-order chi connectivity index (χ0) is 3.58. The predicted molar refractivity (Wildman–Crippen MR) is 31.7 cm³/mol. The van der Waals surface area contributed by atoms with Crippen LogP contribution in [-0.4, -0.2) is 49.1 Å². The number of hydrogen-bond donors (Lipinski definition) is 2. The molecule has 6 heavy (non-hydrogen) atoms. The molecule has 0 saturated heterocycles. The second-order valence-electron chi connectivity index (χ2n) is 0.741. The number of rotatable bonds is 0. The first-order chi connectivity index (χ1) is 1.73. The number of halogens is 1. The van der Waals surface area contributed by atoms with E-state index in [-0.39, 0.29) is 50.1 Å². The Kier molecular flexibility index (Phi) is 25.3. The zero-order valence-corrected chi connectivity index (χ0v) is 3.83. The number of aliphatic hydroxyl groups excluding tert-OH is 1. The molecule has 0 rings (SSSR count). The average Bonchev–Trinajstić information content (AvgIpc) is 0.811. The van der Waals surface area contributed by atoms with E-state index in [2.05, 4.69) is 5.73 Å². The third kappa shape index (κ3) is 50.6. The van der Waals surface area contributed by atoms with Crippen LogP contribution in [0.2, 0.25) is 0 Å². The van der Waals surface area contributed by atoms with E-state index in [0.29, 0.717) is 0 Å². The van der Waals surface area contributed by atoms with Gasteiger partial charge in [0, 0.05) is 0 Å². The van der Waals surface area contributed by atoms with Gasteiger partial charge in [-0.3, -0.25) is 0 Å². The zero-order valence-electron chi connectivity index (χ0n) is 3.01. The third-order valence-corrected chi connectivity index (χ3v) is 0. The van der Waals surface area contributed by atoms with Crippen LogP contribution < -0.4 is 5.73 Å². The van der Waals surface area contributed by atoms with Crippen molar-refractivity contribution in [3.05, 3.63) is 0 Å². The molecule has 1 unspecified atom stereocenters. The molecule has 0 bridgehead atoms. The first kappa shape index (κ1) is 15.7. The van der Waals surface area contributed by atoms with Crippen LogP contribution in [0.1, 0.15) is 6.92 Å². The molecule has 0 spiro atoms. The molecule has 2 nitrogen and oxygen atoms in total. The van der Waals surface area contributed by atoms with Gasteiger partial charge in [0.05, 0.1) is 6.23 Å². The van der Waals surface area contributed by atoms with E-state index < -0.39 is 6.23 Å². The molecule has 3 N–H and O–H groups in total. The summed E-state index contributed by atoms with van der Waals surface area (Å²) in [5.41, 5.74) is 4.67. The second kappa shape index (κ2) is 9.69. The van der Waals surface area contributed by atoms with Gasteiger partial charge in [-0.1, -0.05) is 0 Å². The fourth-order valence-corrected chi connectivity index (χ4v) is 0. The molecule has 0 heterocycles. The van der Waals surface area contributed by atoms with Gasteiger partial charge >= 0.3 is 37.7 Å². The summed E-state index contributed by atoms with van der Waals surface area (Å²) in [6, 6.07) is 0. The molecule has 0 aromatic rings. The van der Waals surface area contributed by atoms with E-state index in [1.54, 1.807) is 0 Å². The van der Waals surface area contributed by atoms with Gasteiger partial charge < -0.3 is 10.8 Å². The van der Waals surface area contributed by atoms with Crippen molar-refractivity contribution in [3.8, 4) is 0 Å². The van der Waals surface area contributed by atoms with Crippen LogP contribution in [0, 0.1) is 0 Å². The summed E-state index contributed by atoms with van der Waals surface area (Å²) in [6.45, 7) is 1.50. The van der Waals surface area contributed by atoms with Crippen molar-refractivity contribution in [1.29, 1.82) is 0 Å². The number of nitrogens with two attached hydrogens (primary N) is 1. The molecule has 4 heteroatoms. The van der Waals surface area contributed by atoms with E-state index in [4.69, 9.17) is 5.11 Å². The Bertz CT molecular complexity index is 18.3. The molecule has 38 valence electrons. The molecule has 0 aromatic carbocycles. The summed E-state index contributed by atoms with van der Waals surface area (Å²) in [7, 11) is 0. The van der Waals surface area contributed by atoms with E-state index in [0.717, 1.165) is 0 Å². The average molecular weight is 140 g/mol. The van der Waals surface area contributed by atoms with Gasteiger partial charge in [-0.05, 0) is 6.92 Å². The van der Waals surface area contributed by atoms with Crippen molar-refractivity contribution < 1.29 is 5.11 Å². The van der Waals surface area contributed by atoms with Crippen LogP contribution in [-0.2, 0) is 0 Å². The van der Waals surface area contributed by atoms with E-state index in [1.807, 2.05) is 0 Å². The van der Waals surface area contributed by atoms with Crippen LogP contribution in [0.4, 0.5) is 0 Å². The fraction of sp³-hybridized carbons (Fsp3) is 1.00. The quantitative estimate of drug-likeness (QED) is 0.327. The molecule has 0 fully saturated rings. The molecule has 0 radical (unpaired) electrons. The maximum atomic E-state index is 7.83. The van der Waals surface area contributed by atoms with E-state index in [1.165, 1.54) is 6.92 Å². The summed E-state index contributed by atoms with van der Waals surface area (Å²) in [4.78, 5) is 0. The van der Waals surface area contributed by atoms with Crippen LogP contribution in [0.5, 0.6) is 0 Å². The van der Waals surface area contributed by atoms with Crippen molar-refractivity contribution in [1.82, 2.24) is 0 Å². The molecular formula is C2H10CaClNO. The molecule has 1 atom stereocenters. The molecular weight excluding hydrogens is 130 g/mol. The number of hydrogen-bond acceptors (Lipinski definition) is 2. The summed E-state index contributed by atoms with van der Waals surface area (Å²) in [5.74, 6) is 0. The van der Waals surface area contributed by atoms with Crippen molar-refractivity contribution >= 4 is 50.1 Å². The minimum atomic E-state index is -0.667. The van der Waals surface area contributed by atoms with Gasteiger partial charge in [0.2, 0.25) is 0 Å². The van der Waals surface area contributed by atoms with Gasteiger partial charge in [-0.25, -0.2) is 0 Å². The SMILES string of the molecule is CC(N)O.Cl.[CaH2]. The molecule has 0 aliphatic heterocycles. The van der Waals surface area contributed by atoms with Crippen molar-refractivity contribution in [2.75, 3.05) is 0 Å². The minimum absolute atomic E-state index is 0. The monoisotopic (exact) mass is 139 g/mol. The van der Waals surface area contributed by atoms with Crippen molar-refractivity contribution in [2.45, 2.75) is 13.2 Å². The Morgan fingerprint density at radius 2 is 1.67 bits per heavy atom.